The number of nitrogens with zero attached hydrogens (tertiary/aromatic N) is 5. The van der Waals surface area contributed by atoms with Crippen molar-refractivity contribution in [1.82, 2.24) is 30.0 Å². The maximum atomic E-state index is 12.3. The van der Waals surface area contributed by atoms with Crippen LogP contribution in [0.3, 0.4) is 0 Å². The quantitative estimate of drug-likeness (QED) is 0.673. The number of amides is 1. The van der Waals surface area contributed by atoms with Crippen LogP contribution >= 0.6 is 0 Å². The summed E-state index contributed by atoms with van der Waals surface area (Å²) in [5.41, 5.74) is 1.99. The van der Waals surface area contributed by atoms with Gasteiger partial charge >= 0.3 is 0 Å². The number of aromatic nitrogens is 5. The van der Waals surface area contributed by atoms with Gasteiger partial charge in [0, 0.05) is 24.6 Å². The van der Waals surface area contributed by atoms with Gasteiger partial charge in [-0.3, -0.25) is 14.8 Å². The molecule has 0 aliphatic carbocycles. The standard InChI is InChI=1S/C18H21N7O/c1-13-23-14(2)25(24-13)10-9-20-15-6-8-21-17(11-15)18(26)22-12-16-5-3-4-7-19-16/h3-8,11H,9-10,12H2,1-2H3,(H,20,21)(H,22,26). The van der Waals surface area contributed by atoms with E-state index in [-0.39, 0.29) is 5.91 Å². The van der Waals surface area contributed by atoms with Crippen LogP contribution in [0.2, 0.25) is 0 Å². The molecule has 3 aromatic heterocycles. The number of carbonyl (C=O) groups is 1. The van der Waals surface area contributed by atoms with Crippen molar-refractivity contribution in [2.75, 3.05) is 11.9 Å². The molecule has 3 aromatic rings. The van der Waals surface area contributed by atoms with Crippen LogP contribution in [0.25, 0.3) is 0 Å². The summed E-state index contributed by atoms with van der Waals surface area (Å²) in [6.07, 6.45) is 3.31. The number of rotatable bonds is 7. The molecule has 0 aliphatic rings. The van der Waals surface area contributed by atoms with Crippen LogP contribution in [0.15, 0.2) is 42.7 Å². The predicted molar refractivity (Wildman–Crippen MR) is 97.6 cm³/mol. The number of hydrogen-bond donors (Lipinski definition) is 2. The zero-order valence-electron chi connectivity index (χ0n) is 14.8. The van der Waals surface area contributed by atoms with Crippen molar-refractivity contribution in [3.05, 3.63) is 65.8 Å². The summed E-state index contributed by atoms with van der Waals surface area (Å²) in [6.45, 7) is 5.52. The summed E-state index contributed by atoms with van der Waals surface area (Å²) in [7, 11) is 0. The molecular formula is C18H21N7O. The zero-order chi connectivity index (χ0) is 18.4. The molecule has 0 saturated carbocycles. The molecule has 0 fully saturated rings. The van der Waals surface area contributed by atoms with Crippen molar-refractivity contribution in [2.45, 2.75) is 26.9 Å². The first-order valence-electron chi connectivity index (χ1n) is 8.38. The molecule has 3 rings (SSSR count). The molecular weight excluding hydrogens is 330 g/mol. The van der Waals surface area contributed by atoms with Gasteiger partial charge in [0.05, 0.1) is 18.8 Å². The van der Waals surface area contributed by atoms with E-state index in [1.165, 1.54) is 0 Å². The van der Waals surface area contributed by atoms with Gasteiger partial charge in [-0.25, -0.2) is 9.67 Å². The second-order valence-corrected chi connectivity index (χ2v) is 5.79. The molecule has 0 bridgehead atoms. The summed E-state index contributed by atoms with van der Waals surface area (Å²) in [5.74, 6) is 1.41. The Kier molecular flexibility index (Phi) is 5.52. The summed E-state index contributed by atoms with van der Waals surface area (Å²) < 4.78 is 1.85. The minimum Gasteiger partial charge on any atom is -0.383 e. The second kappa shape index (κ2) is 8.19. The molecule has 2 N–H and O–H groups in total. The fourth-order valence-electron chi connectivity index (χ4n) is 2.51. The van der Waals surface area contributed by atoms with Crippen LogP contribution in [-0.2, 0) is 13.1 Å². The molecule has 0 unspecified atom stereocenters. The molecule has 8 heteroatoms. The third-order valence-corrected chi connectivity index (χ3v) is 3.76. The fraction of sp³-hybridized carbons (Fsp3) is 0.278. The largest absolute Gasteiger partial charge is 0.383 e. The Morgan fingerprint density at radius 2 is 2.04 bits per heavy atom. The van der Waals surface area contributed by atoms with Gasteiger partial charge in [-0.05, 0) is 38.1 Å². The second-order valence-electron chi connectivity index (χ2n) is 5.79. The van der Waals surface area contributed by atoms with E-state index in [2.05, 4.69) is 30.7 Å². The SMILES string of the molecule is Cc1nc(C)n(CCNc2ccnc(C(=O)NCc3ccccn3)c2)n1. The number of nitrogens with one attached hydrogen (secondary N) is 2. The Labute approximate surface area is 151 Å². The van der Waals surface area contributed by atoms with Crippen molar-refractivity contribution < 1.29 is 4.79 Å². The third-order valence-electron chi connectivity index (χ3n) is 3.76. The highest BCUT2D eigenvalue weighted by Gasteiger charge is 2.08. The summed E-state index contributed by atoms with van der Waals surface area (Å²) in [5, 5.41) is 10.4. The van der Waals surface area contributed by atoms with Gasteiger partial charge in [-0.15, -0.1) is 0 Å². The van der Waals surface area contributed by atoms with Crippen LogP contribution in [-0.4, -0.2) is 37.2 Å². The Hall–Kier alpha value is -3.29. The van der Waals surface area contributed by atoms with E-state index in [9.17, 15) is 4.79 Å². The zero-order valence-corrected chi connectivity index (χ0v) is 14.8. The molecule has 134 valence electrons. The molecule has 0 aromatic carbocycles. The summed E-state index contributed by atoms with van der Waals surface area (Å²) in [4.78, 5) is 24.9. The first-order valence-corrected chi connectivity index (χ1v) is 8.38. The smallest absolute Gasteiger partial charge is 0.270 e. The van der Waals surface area contributed by atoms with Crippen molar-refractivity contribution in [1.29, 1.82) is 0 Å². The van der Waals surface area contributed by atoms with Gasteiger partial charge in [-0.2, -0.15) is 5.10 Å². The average molecular weight is 351 g/mol. The van der Waals surface area contributed by atoms with E-state index < -0.39 is 0 Å². The molecule has 0 aliphatic heterocycles. The first kappa shape index (κ1) is 17.5. The van der Waals surface area contributed by atoms with Gasteiger partial charge in [0.1, 0.15) is 17.3 Å². The lowest BCUT2D eigenvalue weighted by Gasteiger charge is -2.09. The van der Waals surface area contributed by atoms with Crippen LogP contribution in [0, 0.1) is 13.8 Å². The highest BCUT2D eigenvalue weighted by molar-refractivity contribution is 5.93. The summed E-state index contributed by atoms with van der Waals surface area (Å²) >= 11 is 0. The molecule has 0 saturated heterocycles. The van der Waals surface area contributed by atoms with Gasteiger partial charge in [-0.1, -0.05) is 6.07 Å². The lowest BCUT2D eigenvalue weighted by Crippen LogP contribution is -2.24. The Balaban J connectivity index is 1.53. The van der Waals surface area contributed by atoms with E-state index in [0.29, 0.717) is 25.3 Å². The number of aryl methyl sites for hydroxylation is 2. The van der Waals surface area contributed by atoms with Crippen LogP contribution in [0.1, 0.15) is 27.8 Å². The minimum absolute atomic E-state index is 0.234. The van der Waals surface area contributed by atoms with Gasteiger partial charge in [0.15, 0.2) is 0 Å². The van der Waals surface area contributed by atoms with Crippen LogP contribution in [0.4, 0.5) is 5.69 Å². The van der Waals surface area contributed by atoms with Crippen LogP contribution in [0.5, 0.6) is 0 Å². The van der Waals surface area contributed by atoms with E-state index in [4.69, 9.17) is 0 Å². The van der Waals surface area contributed by atoms with Crippen molar-refractivity contribution in [2.24, 2.45) is 0 Å². The van der Waals surface area contributed by atoms with E-state index >= 15 is 0 Å². The molecule has 8 nitrogen and oxygen atoms in total. The maximum Gasteiger partial charge on any atom is 0.270 e. The van der Waals surface area contributed by atoms with E-state index in [0.717, 1.165) is 23.0 Å². The molecule has 0 spiro atoms. The van der Waals surface area contributed by atoms with Crippen molar-refractivity contribution in [3.63, 3.8) is 0 Å². The minimum atomic E-state index is -0.234. The topological polar surface area (TPSA) is 97.6 Å². The van der Waals surface area contributed by atoms with E-state index in [1.807, 2.05) is 42.8 Å². The van der Waals surface area contributed by atoms with E-state index in [1.54, 1.807) is 18.5 Å². The Morgan fingerprint density at radius 3 is 2.77 bits per heavy atom. The molecule has 1 amide bonds. The van der Waals surface area contributed by atoms with Crippen LogP contribution < -0.4 is 10.6 Å². The Morgan fingerprint density at radius 1 is 1.15 bits per heavy atom. The molecule has 3 heterocycles. The highest BCUT2D eigenvalue weighted by atomic mass is 16.1. The Bertz CT molecular complexity index is 876. The first-order chi connectivity index (χ1) is 12.6. The molecule has 26 heavy (non-hydrogen) atoms. The van der Waals surface area contributed by atoms with Gasteiger partial charge in [0.25, 0.3) is 5.91 Å². The lowest BCUT2D eigenvalue weighted by atomic mass is 10.3. The van der Waals surface area contributed by atoms with Crippen molar-refractivity contribution >= 4 is 11.6 Å². The van der Waals surface area contributed by atoms with Gasteiger partial charge in [0.2, 0.25) is 0 Å². The molecule has 0 atom stereocenters. The number of anilines is 1. The normalized spacial score (nSPS) is 10.5. The van der Waals surface area contributed by atoms with Crippen molar-refractivity contribution in [3.8, 4) is 0 Å². The highest BCUT2D eigenvalue weighted by Crippen LogP contribution is 2.08. The fourth-order valence-corrected chi connectivity index (χ4v) is 2.51. The third kappa shape index (κ3) is 4.62. The predicted octanol–water partition coefficient (Wildman–Crippen LogP) is 1.73. The monoisotopic (exact) mass is 351 g/mol. The number of carbonyl (C=O) groups excluding carboxylic acids is 1. The lowest BCUT2D eigenvalue weighted by molar-refractivity contribution is 0.0945. The number of hydrogen-bond acceptors (Lipinski definition) is 6. The average Bonchev–Trinajstić information content (AvgIpc) is 2.98. The maximum absolute atomic E-state index is 12.3. The van der Waals surface area contributed by atoms with Gasteiger partial charge < -0.3 is 10.6 Å². The molecule has 0 radical (unpaired) electrons. The summed E-state index contributed by atoms with van der Waals surface area (Å²) in [6, 6.07) is 9.14. The number of pyridine rings is 2.